The molecule has 25 heavy (non-hydrogen) atoms. The number of aromatic nitrogens is 4. The number of fused-ring (bicyclic) bond motifs is 2. The highest BCUT2D eigenvalue weighted by Crippen LogP contribution is 2.27. The highest BCUT2D eigenvalue weighted by molar-refractivity contribution is 5.99. The molecule has 2 aromatic carbocycles. The van der Waals surface area contributed by atoms with Gasteiger partial charge in [0, 0.05) is 18.1 Å². The predicted octanol–water partition coefficient (Wildman–Crippen LogP) is 4.60. The molecule has 1 N–H and O–H groups in total. The molecule has 0 amide bonds. The van der Waals surface area contributed by atoms with Gasteiger partial charge in [0.2, 0.25) is 0 Å². The molecule has 2 heterocycles. The van der Waals surface area contributed by atoms with Crippen molar-refractivity contribution in [2.45, 2.75) is 26.2 Å². The first-order chi connectivity index (χ1) is 12.2. The second-order valence-corrected chi connectivity index (χ2v) is 6.36. The third-order valence-electron chi connectivity index (χ3n) is 4.52. The summed E-state index contributed by atoms with van der Waals surface area (Å²) >= 11 is 0. The number of hydrogen-bond donors (Lipinski definition) is 1. The number of nitrogens with zero attached hydrogens (tertiary/aromatic N) is 4. The first kappa shape index (κ1) is 15.6. The van der Waals surface area contributed by atoms with Crippen LogP contribution in [0, 0.1) is 0 Å². The zero-order valence-corrected chi connectivity index (χ0v) is 14.5. The Morgan fingerprint density at radius 3 is 2.64 bits per heavy atom. The Morgan fingerprint density at radius 2 is 1.84 bits per heavy atom. The van der Waals surface area contributed by atoms with E-state index in [1.807, 2.05) is 24.0 Å². The lowest BCUT2D eigenvalue weighted by molar-refractivity contribution is 0.795. The van der Waals surface area contributed by atoms with Crippen LogP contribution in [0.1, 0.15) is 25.3 Å². The summed E-state index contributed by atoms with van der Waals surface area (Å²) in [5.41, 5.74) is 5.31. The van der Waals surface area contributed by atoms with Gasteiger partial charge in [0.15, 0.2) is 0 Å². The molecule has 0 aliphatic rings. The van der Waals surface area contributed by atoms with E-state index in [1.54, 1.807) is 6.33 Å². The van der Waals surface area contributed by atoms with Gasteiger partial charge in [-0.15, -0.1) is 0 Å². The molecule has 5 heteroatoms. The summed E-state index contributed by atoms with van der Waals surface area (Å²) in [6.45, 7) is 2.22. The van der Waals surface area contributed by atoms with Crippen molar-refractivity contribution in [1.82, 2.24) is 19.5 Å². The number of unbranched alkanes of at least 4 members (excludes halogenated alkanes) is 1. The van der Waals surface area contributed by atoms with Gasteiger partial charge in [-0.3, -0.25) is 0 Å². The van der Waals surface area contributed by atoms with E-state index in [4.69, 9.17) is 0 Å². The number of aryl methyl sites for hydroxylation is 2. The lowest BCUT2D eigenvalue weighted by Crippen LogP contribution is -1.97. The first-order valence-corrected chi connectivity index (χ1v) is 8.66. The fourth-order valence-electron chi connectivity index (χ4n) is 3.05. The molecule has 0 bridgehead atoms. The van der Waals surface area contributed by atoms with Crippen LogP contribution in [-0.2, 0) is 13.5 Å². The van der Waals surface area contributed by atoms with E-state index >= 15 is 0 Å². The smallest absolute Gasteiger partial charge is 0.141 e. The minimum absolute atomic E-state index is 0.814. The number of imidazole rings is 1. The molecule has 0 atom stereocenters. The van der Waals surface area contributed by atoms with E-state index in [0.29, 0.717) is 0 Å². The Labute approximate surface area is 146 Å². The monoisotopic (exact) mass is 331 g/mol. The summed E-state index contributed by atoms with van der Waals surface area (Å²) < 4.78 is 2.01. The van der Waals surface area contributed by atoms with Crippen molar-refractivity contribution >= 4 is 33.4 Å². The molecular formula is C20H21N5. The van der Waals surface area contributed by atoms with E-state index < -0.39 is 0 Å². The zero-order chi connectivity index (χ0) is 17.2. The molecule has 0 spiro atoms. The molecule has 0 aliphatic heterocycles. The van der Waals surface area contributed by atoms with E-state index in [1.165, 1.54) is 18.4 Å². The number of rotatable bonds is 5. The third-order valence-corrected chi connectivity index (χ3v) is 4.52. The fraction of sp³-hybridized carbons (Fsp3) is 0.250. The average Bonchev–Trinajstić information content (AvgIpc) is 3.00. The highest BCUT2D eigenvalue weighted by Gasteiger charge is 2.08. The molecule has 0 radical (unpaired) electrons. The molecule has 4 aromatic rings. The van der Waals surface area contributed by atoms with Crippen LogP contribution in [-0.4, -0.2) is 19.5 Å². The number of nitrogens with one attached hydrogen (secondary N) is 1. The standard InChI is InChI=1S/C20H21N5/c1-3-4-5-14-6-8-15(9-7-14)24-20-16-10-19-18(23-13-25(19)2)11-17(16)21-12-22-20/h6-13H,3-5H2,1-2H3,(H,21,22,24). The summed E-state index contributed by atoms with van der Waals surface area (Å²) in [4.78, 5) is 13.2. The summed E-state index contributed by atoms with van der Waals surface area (Å²) in [5, 5.41) is 4.42. The van der Waals surface area contributed by atoms with Gasteiger partial charge in [0.1, 0.15) is 12.1 Å². The van der Waals surface area contributed by atoms with E-state index in [9.17, 15) is 0 Å². The Balaban J connectivity index is 1.68. The number of hydrogen-bond acceptors (Lipinski definition) is 4. The fourth-order valence-corrected chi connectivity index (χ4v) is 3.05. The van der Waals surface area contributed by atoms with E-state index in [0.717, 1.165) is 39.9 Å². The Morgan fingerprint density at radius 1 is 1.00 bits per heavy atom. The van der Waals surface area contributed by atoms with Crippen molar-refractivity contribution in [3.05, 3.63) is 54.6 Å². The molecule has 0 fully saturated rings. The van der Waals surface area contributed by atoms with Gasteiger partial charge in [-0.05, 0) is 42.7 Å². The minimum Gasteiger partial charge on any atom is -0.340 e. The summed E-state index contributed by atoms with van der Waals surface area (Å²) in [6.07, 6.45) is 6.99. The maximum atomic E-state index is 4.44. The molecule has 0 saturated carbocycles. The molecule has 0 unspecified atom stereocenters. The average molecular weight is 331 g/mol. The summed E-state index contributed by atoms with van der Waals surface area (Å²) in [5.74, 6) is 0.814. The van der Waals surface area contributed by atoms with Gasteiger partial charge in [0.05, 0.1) is 22.9 Å². The molecule has 2 aromatic heterocycles. The van der Waals surface area contributed by atoms with Gasteiger partial charge < -0.3 is 9.88 Å². The largest absolute Gasteiger partial charge is 0.340 e. The van der Waals surface area contributed by atoms with E-state index in [-0.39, 0.29) is 0 Å². The van der Waals surface area contributed by atoms with Crippen LogP contribution in [0.4, 0.5) is 11.5 Å². The van der Waals surface area contributed by atoms with Gasteiger partial charge >= 0.3 is 0 Å². The van der Waals surface area contributed by atoms with Crippen molar-refractivity contribution < 1.29 is 0 Å². The normalized spacial score (nSPS) is 11.3. The first-order valence-electron chi connectivity index (χ1n) is 8.66. The van der Waals surface area contributed by atoms with Crippen LogP contribution in [0.25, 0.3) is 21.9 Å². The van der Waals surface area contributed by atoms with Crippen molar-refractivity contribution in [3.63, 3.8) is 0 Å². The maximum absolute atomic E-state index is 4.44. The summed E-state index contributed by atoms with van der Waals surface area (Å²) in [7, 11) is 1.99. The minimum atomic E-state index is 0.814. The zero-order valence-electron chi connectivity index (χ0n) is 14.5. The topological polar surface area (TPSA) is 55.6 Å². The van der Waals surface area contributed by atoms with Gasteiger partial charge in [-0.1, -0.05) is 25.5 Å². The highest BCUT2D eigenvalue weighted by atomic mass is 15.0. The van der Waals surface area contributed by atoms with Crippen LogP contribution >= 0.6 is 0 Å². The Kier molecular flexibility index (Phi) is 4.06. The quantitative estimate of drug-likeness (QED) is 0.580. The van der Waals surface area contributed by atoms with Gasteiger partial charge in [0.25, 0.3) is 0 Å². The molecule has 0 saturated heterocycles. The Hall–Kier alpha value is -2.95. The van der Waals surface area contributed by atoms with Gasteiger partial charge in [-0.2, -0.15) is 0 Å². The van der Waals surface area contributed by atoms with Crippen molar-refractivity contribution in [3.8, 4) is 0 Å². The van der Waals surface area contributed by atoms with Crippen LogP contribution in [0.15, 0.2) is 49.1 Å². The van der Waals surface area contributed by atoms with Crippen LogP contribution in [0.5, 0.6) is 0 Å². The lowest BCUT2D eigenvalue weighted by atomic mass is 10.1. The number of anilines is 2. The van der Waals surface area contributed by atoms with Crippen molar-refractivity contribution in [2.75, 3.05) is 5.32 Å². The molecule has 126 valence electrons. The predicted molar refractivity (Wildman–Crippen MR) is 102 cm³/mol. The maximum Gasteiger partial charge on any atom is 0.141 e. The lowest BCUT2D eigenvalue weighted by Gasteiger charge is -2.09. The second-order valence-electron chi connectivity index (χ2n) is 6.36. The molecule has 0 aliphatic carbocycles. The molecule has 5 nitrogen and oxygen atoms in total. The summed E-state index contributed by atoms with van der Waals surface area (Å²) in [6, 6.07) is 12.7. The van der Waals surface area contributed by atoms with Crippen molar-refractivity contribution in [1.29, 1.82) is 0 Å². The molecular weight excluding hydrogens is 310 g/mol. The third kappa shape index (κ3) is 3.05. The van der Waals surface area contributed by atoms with Crippen LogP contribution in [0.3, 0.4) is 0 Å². The second kappa shape index (κ2) is 6.51. The van der Waals surface area contributed by atoms with Crippen LogP contribution in [0.2, 0.25) is 0 Å². The Bertz CT molecular complexity index is 1020. The number of benzene rings is 2. The van der Waals surface area contributed by atoms with Crippen LogP contribution < -0.4 is 5.32 Å². The van der Waals surface area contributed by atoms with E-state index in [2.05, 4.69) is 57.5 Å². The van der Waals surface area contributed by atoms with Crippen molar-refractivity contribution in [2.24, 2.45) is 7.05 Å². The van der Waals surface area contributed by atoms with Gasteiger partial charge in [-0.25, -0.2) is 15.0 Å². The SMILES string of the molecule is CCCCc1ccc(Nc2ncnc3cc4ncn(C)c4cc23)cc1. The molecule has 4 rings (SSSR count).